The van der Waals surface area contributed by atoms with Crippen LogP contribution in [0.25, 0.3) is 5.69 Å². The summed E-state index contributed by atoms with van der Waals surface area (Å²) in [4.78, 5) is 13.8. The number of benzene rings is 2. The zero-order valence-corrected chi connectivity index (χ0v) is 19.0. The minimum Gasteiger partial charge on any atom is -0.496 e. The molecule has 0 saturated heterocycles. The standard InChI is InChI=1S/C25H28N4O3/c1-25(2)17-11-16(29-13-15(12-26-29)24(30)28(3)4)9-10-19(17)27-23-18(25)14-32-21-8-6-7-20(31-5)22(21)23/h6-13,18,23,27H,14H2,1-5H3/t18-,23-/m0/s1. The van der Waals surface area contributed by atoms with Gasteiger partial charge >= 0.3 is 0 Å². The maximum Gasteiger partial charge on any atom is 0.256 e. The predicted octanol–water partition coefficient (Wildman–Crippen LogP) is 4.04. The molecule has 2 aliphatic rings. The third-order valence-electron chi connectivity index (χ3n) is 6.81. The second-order valence-corrected chi connectivity index (χ2v) is 9.24. The zero-order valence-electron chi connectivity index (χ0n) is 19.0. The first kappa shape index (κ1) is 20.4. The van der Waals surface area contributed by atoms with Crippen molar-refractivity contribution in [3.05, 3.63) is 65.5 Å². The van der Waals surface area contributed by atoms with Crippen LogP contribution in [0.1, 0.15) is 41.4 Å². The summed E-state index contributed by atoms with van der Waals surface area (Å²) in [7, 11) is 5.18. The van der Waals surface area contributed by atoms with Crippen molar-refractivity contribution >= 4 is 11.6 Å². The van der Waals surface area contributed by atoms with Crippen molar-refractivity contribution in [3.63, 3.8) is 0 Å². The Bertz CT molecular complexity index is 1180. The molecule has 0 unspecified atom stereocenters. The number of methoxy groups -OCH3 is 1. The lowest BCUT2D eigenvalue weighted by Gasteiger charge is -2.48. The van der Waals surface area contributed by atoms with E-state index in [4.69, 9.17) is 9.47 Å². The minimum absolute atomic E-state index is 0.0639. The van der Waals surface area contributed by atoms with Gasteiger partial charge < -0.3 is 19.7 Å². The van der Waals surface area contributed by atoms with Crippen LogP contribution in [-0.2, 0) is 5.41 Å². The van der Waals surface area contributed by atoms with Crippen LogP contribution < -0.4 is 14.8 Å². The maximum atomic E-state index is 12.3. The summed E-state index contributed by atoms with van der Waals surface area (Å²) in [5, 5.41) is 8.18. The first-order valence-electron chi connectivity index (χ1n) is 10.8. The number of anilines is 1. The molecule has 166 valence electrons. The molecule has 7 heteroatoms. The number of fused-ring (bicyclic) bond motifs is 4. The van der Waals surface area contributed by atoms with Gasteiger partial charge in [0.15, 0.2) is 0 Å². The van der Waals surface area contributed by atoms with Crippen LogP contribution in [-0.4, -0.2) is 48.4 Å². The molecule has 2 atom stereocenters. The molecule has 3 aromatic rings. The summed E-state index contributed by atoms with van der Waals surface area (Å²) < 4.78 is 13.6. The molecule has 7 nitrogen and oxygen atoms in total. The number of nitrogens with zero attached hydrogens (tertiary/aromatic N) is 3. The molecular weight excluding hydrogens is 404 g/mol. The summed E-state index contributed by atoms with van der Waals surface area (Å²) in [6.07, 6.45) is 3.39. The Kier molecular flexibility index (Phi) is 4.65. The Balaban J connectivity index is 1.55. The number of rotatable bonds is 3. The van der Waals surface area contributed by atoms with Crippen molar-refractivity contribution in [2.75, 3.05) is 33.1 Å². The van der Waals surface area contributed by atoms with E-state index in [0.717, 1.165) is 28.4 Å². The van der Waals surface area contributed by atoms with Crippen molar-refractivity contribution in [2.45, 2.75) is 25.3 Å². The van der Waals surface area contributed by atoms with Crippen LogP contribution >= 0.6 is 0 Å². The van der Waals surface area contributed by atoms with Crippen molar-refractivity contribution < 1.29 is 14.3 Å². The fourth-order valence-electron chi connectivity index (χ4n) is 4.94. The zero-order chi connectivity index (χ0) is 22.6. The van der Waals surface area contributed by atoms with Gasteiger partial charge in [-0.05, 0) is 35.9 Å². The van der Waals surface area contributed by atoms with Crippen molar-refractivity contribution in [2.24, 2.45) is 5.92 Å². The van der Waals surface area contributed by atoms with Gasteiger partial charge in [0.2, 0.25) is 0 Å². The summed E-state index contributed by atoms with van der Waals surface area (Å²) >= 11 is 0. The third-order valence-corrected chi connectivity index (χ3v) is 6.81. The third kappa shape index (κ3) is 3.03. The highest BCUT2D eigenvalue weighted by atomic mass is 16.5. The largest absolute Gasteiger partial charge is 0.496 e. The van der Waals surface area contributed by atoms with Gasteiger partial charge in [-0.1, -0.05) is 19.9 Å². The van der Waals surface area contributed by atoms with E-state index in [2.05, 4.69) is 36.4 Å². The Labute approximate surface area is 187 Å². The second kappa shape index (κ2) is 7.29. The van der Waals surface area contributed by atoms with Crippen molar-refractivity contribution in [3.8, 4) is 17.2 Å². The molecule has 0 spiro atoms. The molecule has 1 aromatic heterocycles. The van der Waals surface area contributed by atoms with E-state index in [1.165, 1.54) is 5.56 Å². The lowest BCUT2D eigenvalue weighted by atomic mass is 9.65. The van der Waals surface area contributed by atoms with Crippen LogP contribution in [0.4, 0.5) is 5.69 Å². The highest BCUT2D eigenvalue weighted by molar-refractivity contribution is 5.93. The molecular formula is C25H28N4O3. The Morgan fingerprint density at radius 1 is 1.28 bits per heavy atom. The van der Waals surface area contributed by atoms with Gasteiger partial charge in [-0.15, -0.1) is 0 Å². The van der Waals surface area contributed by atoms with E-state index in [1.807, 2.05) is 24.3 Å². The molecule has 0 aliphatic carbocycles. The summed E-state index contributed by atoms with van der Waals surface area (Å²) in [5.74, 6) is 1.88. The lowest BCUT2D eigenvalue weighted by molar-refractivity contribution is 0.0827. The number of hydrogen-bond acceptors (Lipinski definition) is 5. The number of hydrogen-bond donors (Lipinski definition) is 1. The number of carbonyl (C=O) groups is 1. The molecule has 0 saturated carbocycles. The van der Waals surface area contributed by atoms with Gasteiger partial charge in [0.1, 0.15) is 11.5 Å². The molecule has 32 heavy (non-hydrogen) atoms. The molecule has 2 aliphatic heterocycles. The van der Waals surface area contributed by atoms with Gasteiger partial charge in [-0.25, -0.2) is 4.68 Å². The highest BCUT2D eigenvalue weighted by Gasteiger charge is 2.47. The first-order valence-corrected chi connectivity index (χ1v) is 10.8. The minimum atomic E-state index is -0.157. The molecule has 1 amide bonds. The number of amides is 1. The fraction of sp³-hybridized carbons (Fsp3) is 0.360. The summed E-state index contributed by atoms with van der Waals surface area (Å²) in [5.41, 5.74) is 4.70. The smallest absolute Gasteiger partial charge is 0.256 e. The summed E-state index contributed by atoms with van der Waals surface area (Å²) in [6.45, 7) is 5.15. The summed E-state index contributed by atoms with van der Waals surface area (Å²) in [6, 6.07) is 12.3. The van der Waals surface area contributed by atoms with E-state index in [-0.39, 0.29) is 23.3 Å². The van der Waals surface area contributed by atoms with Crippen molar-refractivity contribution in [1.29, 1.82) is 0 Å². The van der Waals surface area contributed by atoms with E-state index in [1.54, 1.807) is 43.2 Å². The average molecular weight is 433 g/mol. The molecule has 5 rings (SSSR count). The quantitative estimate of drug-likeness (QED) is 0.677. The van der Waals surface area contributed by atoms with Gasteiger partial charge in [0.25, 0.3) is 5.91 Å². The van der Waals surface area contributed by atoms with Crippen LogP contribution in [0.3, 0.4) is 0 Å². The Morgan fingerprint density at radius 3 is 2.84 bits per heavy atom. The number of nitrogens with one attached hydrogen (secondary N) is 1. The number of aromatic nitrogens is 2. The number of carbonyl (C=O) groups excluding carboxylic acids is 1. The average Bonchev–Trinajstić information content (AvgIpc) is 3.28. The lowest BCUT2D eigenvalue weighted by Crippen LogP contribution is -2.46. The maximum absolute atomic E-state index is 12.3. The van der Waals surface area contributed by atoms with E-state index < -0.39 is 0 Å². The normalized spacial score (nSPS) is 20.2. The molecule has 0 bridgehead atoms. The molecule has 2 aromatic carbocycles. The number of ether oxygens (including phenoxy) is 2. The predicted molar refractivity (Wildman–Crippen MR) is 123 cm³/mol. The molecule has 0 radical (unpaired) electrons. The highest BCUT2D eigenvalue weighted by Crippen LogP contribution is 2.54. The van der Waals surface area contributed by atoms with Crippen LogP contribution in [0.5, 0.6) is 11.5 Å². The topological polar surface area (TPSA) is 68.6 Å². The van der Waals surface area contributed by atoms with Gasteiger partial charge in [0, 0.05) is 37.3 Å². The SMILES string of the molecule is COc1cccc2c1[C@H]1Nc3ccc(-n4cc(C(=O)N(C)C)cn4)cc3C(C)(C)[C@H]1CO2. The Morgan fingerprint density at radius 2 is 2.09 bits per heavy atom. The van der Waals surface area contributed by atoms with Crippen LogP contribution in [0, 0.1) is 5.92 Å². The van der Waals surface area contributed by atoms with E-state index in [9.17, 15) is 4.79 Å². The molecule has 1 N–H and O–H groups in total. The molecule has 0 fully saturated rings. The van der Waals surface area contributed by atoms with Gasteiger partial charge in [-0.3, -0.25) is 4.79 Å². The fourth-order valence-corrected chi connectivity index (χ4v) is 4.94. The Hall–Kier alpha value is -3.48. The first-order chi connectivity index (χ1) is 15.3. The van der Waals surface area contributed by atoms with Gasteiger partial charge in [-0.2, -0.15) is 5.10 Å². The monoisotopic (exact) mass is 432 g/mol. The van der Waals surface area contributed by atoms with E-state index in [0.29, 0.717) is 12.2 Å². The van der Waals surface area contributed by atoms with Crippen molar-refractivity contribution in [1.82, 2.24) is 14.7 Å². The molecule has 3 heterocycles. The van der Waals surface area contributed by atoms with Crippen LogP contribution in [0.15, 0.2) is 48.8 Å². The van der Waals surface area contributed by atoms with Gasteiger partial charge in [0.05, 0.1) is 42.8 Å². The second-order valence-electron chi connectivity index (χ2n) is 9.24. The van der Waals surface area contributed by atoms with Crippen LogP contribution in [0.2, 0.25) is 0 Å². The van der Waals surface area contributed by atoms with E-state index >= 15 is 0 Å².